The van der Waals surface area contributed by atoms with Crippen LogP contribution in [0.15, 0.2) is 0 Å². The van der Waals surface area contributed by atoms with E-state index < -0.39 is 0 Å². The average molecular weight is 347 g/mol. The molecule has 128 valence electrons. The third-order valence-corrected chi connectivity index (χ3v) is 5.51. The summed E-state index contributed by atoms with van der Waals surface area (Å²) in [6.45, 7) is 6.35. The molecule has 3 heterocycles. The van der Waals surface area contributed by atoms with Crippen molar-refractivity contribution < 1.29 is 9.59 Å². The second kappa shape index (κ2) is 6.87. The van der Waals surface area contributed by atoms with Crippen LogP contribution in [-0.2, 0) is 22.6 Å². The number of nitriles is 1. The van der Waals surface area contributed by atoms with Gasteiger partial charge in [-0.3, -0.25) is 9.59 Å². The van der Waals surface area contributed by atoms with Crippen molar-refractivity contribution >= 4 is 28.3 Å². The van der Waals surface area contributed by atoms with Crippen LogP contribution in [-0.4, -0.2) is 41.3 Å². The van der Waals surface area contributed by atoms with Gasteiger partial charge in [0.05, 0.1) is 18.2 Å². The number of amides is 2. The number of carbonyl (C=O) groups excluding carboxylic acids is 2. The van der Waals surface area contributed by atoms with Crippen molar-refractivity contribution in [2.75, 3.05) is 24.5 Å². The molecule has 2 amide bonds. The number of carbonyl (C=O) groups is 2. The minimum Gasteiger partial charge on any atom is -0.337 e. The molecule has 24 heavy (non-hydrogen) atoms. The lowest BCUT2D eigenvalue weighted by Gasteiger charge is -2.27. The highest BCUT2D eigenvalue weighted by molar-refractivity contribution is 7.16. The molecule has 0 spiro atoms. The summed E-state index contributed by atoms with van der Waals surface area (Å²) in [7, 11) is 0. The Morgan fingerprint density at radius 2 is 2.29 bits per heavy atom. The fraction of sp³-hybridized carbons (Fsp3) is 0.625. The van der Waals surface area contributed by atoms with Gasteiger partial charge in [0.1, 0.15) is 0 Å². The zero-order valence-electron chi connectivity index (χ0n) is 13.9. The summed E-state index contributed by atoms with van der Waals surface area (Å²) in [5.41, 5.74) is 0.903. The Labute approximate surface area is 145 Å². The molecule has 0 radical (unpaired) electrons. The number of nitrogens with one attached hydrogen (secondary N) is 1. The molecule has 1 aromatic heterocycles. The van der Waals surface area contributed by atoms with E-state index in [1.807, 2.05) is 24.9 Å². The first-order chi connectivity index (χ1) is 11.5. The van der Waals surface area contributed by atoms with E-state index in [-0.39, 0.29) is 23.7 Å². The molecule has 1 N–H and O–H groups in total. The standard InChI is InChI=1S/C16H21N5O2S/c1-10(2)14(22)20-6-4-12-13(8-20)24-16(19-12)21(9-17)15(23)11-3-5-18-7-11/h10-11,18H,3-8H2,1-2H3/t11-/m0/s1. The van der Waals surface area contributed by atoms with Crippen LogP contribution in [0.5, 0.6) is 0 Å². The summed E-state index contributed by atoms with van der Waals surface area (Å²) in [5.74, 6) is -0.264. The third-order valence-electron chi connectivity index (χ3n) is 4.45. The van der Waals surface area contributed by atoms with Crippen LogP contribution in [0.1, 0.15) is 30.8 Å². The molecule has 2 aliphatic rings. The number of fused-ring (bicyclic) bond motifs is 1. The van der Waals surface area contributed by atoms with Crippen molar-refractivity contribution in [3.63, 3.8) is 0 Å². The predicted molar refractivity (Wildman–Crippen MR) is 90.1 cm³/mol. The van der Waals surface area contributed by atoms with Crippen LogP contribution in [0.4, 0.5) is 5.13 Å². The van der Waals surface area contributed by atoms with Gasteiger partial charge in [-0.05, 0) is 13.0 Å². The highest BCUT2D eigenvalue weighted by Crippen LogP contribution is 2.32. The SMILES string of the molecule is CC(C)C(=O)N1CCc2nc(N(C#N)C(=O)[C@H]3CCNC3)sc2C1. The van der Waals surface area contributed by atoms with Crippen LogP contribution in [0.25, 0.3) is 0 Å². The molecule has 0 aromatic carbocycles. The lowest BCUT2D eigenvalue weighted by molar-refractivity contribution is -0.135. The molecule has 1 atom stereocenters. The molecular weight excluding hydrogens is 326 g/mol. The van der Waals surface area contributed by atoms with Gasteiger partial charge in [0, 0.05) is 30.3 Å². The molecule has 0 aliphatic carbocycles. The van der Waals surface area contributed by atoms with Gasteiger partial charge in [-0.15, -0.1) is 0 Å². The van der Waals surface area contributed by atoms with Crippen molar-refractivity contribution in [1.29, 1.82) is 5.26 Å². The van der Waals surface area contributed by atoms with E-state index in [0.717, 1.165) is 28.4 Å². The van der Waals surface area contributed by atoms with Gasteiger partial charge in [0.2, 0.25) is 16.9 Å². The molecular formula is C16H21N5O2S. The van der Waals surface area contributed by atoms with Gasteiger partial charge >= 0.3 is 0 Å². The first kappa shape index (κ1) is 16.9. The molecule has 3 rings (SSSR count). The summed E-state index contributed by atoms with van der Waals surface area (Å²) in [6.07, 6.45) is 3.40. The predicted octanol–water partition coefficient (Wildman–Crippen LogP) is 1.11. The number of hydrogen-bond donors (Lipinski definition) is 1. The zero-order chi connectivity index (χ0) is 17.3. The van der Waals surface area contributed by atoms with E-state index in [2.05, 4.69) is 10.3 Å². The third kappa shape index (κ3) is 3.14. The monoisotopic (exact) mass is 347 g/mol. The fourth-order valence-electron chi connectivity index (χ4n) is 3.07. The van der Waals surface area contributed by atoms with Crippen molar-refractivity contribution in [2.45, 2.75) is 33.2 Å². The summed E-state index contributed by atoms with van der Waals surface area (Å²) < 4.78 is 0. The van der Waals surface area contributed by atoms with E-state index in [9.17, 15) is 14.9 Å². The normalized spacial score (nSPS) is 19.9. The number of aromatic nitrogens is 1. The highest BCUT2D eigenvalue weighted by atomic mass is 32.1. The van der Waals surface area contributed by atoms with Crippen LogP contribution in [0.2, 0.25) is 0 Å². The second-order valence-corrected chi connectivity index (χ2v) is 7.56. The number of anilines is 1. The summed E-state index contributed by atoms with van der Waals surface area (Å²) in [5, 5.41) is 13.0. The molecule has 0 bridgehead atoms. The van der Waals surface area contributed by atoms with Crippen LogP contribution in [0.3, 0.4) is 0 Å². The summed E-state index contributed by atoms with van der Waals surface area (Å²) in [4.78, 5) is 33.1. The van der Waals surface area contributed by atoms with Gasteiger partial charge in [0.25, 0.3) is 0 Å². The number of rotatable bonds is 3. The summed E-state index contributed by atoms with van der Waals surface area (Å²) >= 11 is 1.35. The van der Waals surface area contributed by atoms with E-state index >= 15 is 0 Å². The van der Waals surface area contributed by atoms with Crippen molar-refractivity contribution in [1.82, 2.24) is 15.2 Å². The Kier molecular flexibility index (Phi) is 4.83. The largest absolute Gasteiger partial charge is 0.337 e. The average Bonchev–Trinajstić information content (AvgIpc) is 3.23. The van der Waals surface area contributed by atoms with E-state index in [1.165, 1.54) is 11.3 Å². The smallest absolute Gasteiger partial charge is 0.246 e. The Bertz CT molecular complexity index is 687. The van der Waals surface area contributed by atoms with Crippen molar-refractivity contribution in [2.24, 2.45) is 11.8 Å². The van der Waals surface area contributed by atoms with Gasteiger partial charge in [-0.2, -0.15) is 10.2 Å². The maximum atomic E-state index is 12.5. The first-order valence-corrected chi connectivity index (χ1v) is 9.04. The fourth-order valence-corrected chi connectivity index (χ4v) is 4.15. The molecule has 8 heteroatoms. The minimum absolute atomic E-state index is 0.0361. The molecule has 1 fully saturated rings. The first-order valence-electron chi connectivity index (χ1n) is 8.23. The van der Waals surface area contributed by atoms with Crippen LogP contribution >= 0.6 is 11.3 Å². The Morgan fingerprint density at radius 1 is 1.50 bits per heavy atom. The van der Waals surface area contributed by atoms with Crippen molar-refractivity contribution in [3.8, 4) is 6.19 Å². The Balaban J connectivity index is 1.78. The molecule has 7 nitrogen and oxygen atoms in total. The Morgan fingerprint density at radius 3 is 2.92 bits per heavy atom. The minimum atomic E-state index is -0.191. The maximum absolute atomic E-state index is 12.5. The highest BCUT2D eigenvalue weighted by Gasteiger charge is 2.32. The van der Waals surface area contributed by atoms with Gasteiger partial charge < -0.3 is 10.2 Å². The van der Waals surface area contributed by atoms with Crippen molar-refractivity contribution in [3.05, 3.63) is 10.6 Å². The molecule has 0 unspecified atom stereocenters. The zero-order valence-corrected chi connectivity index (χ0v) is 14.7. The molecule has 0 saturated carbocycles. The van der Waals surface area contributed by atoms with Gasteiger partial charge in [-0.25, -0.2) is 4.98 Å². The maximum Gasteiger partial charge on any atom is 0.246 e. The van der Waals surface area contributed by atoms with Crippen LogP contribution in [0, 0.1) is 23.3 Å². The molecule has 1 saturated heterocycles. The lowest BCUT2D eigenvalue weighted by Crippen LogP contribution is -2.37. The topological polar surface area (TPSA) is 89.3 Å². The van der Waals surface area contributed by atoms with Gasteiger partial charge in [-0.1, -0.05) is 25.2 Å². The number of hydrogen-bond acceptors (Lipinski definition) is 6. The summed E-state index contributed by atoms with van der Waals surface area (Å²) in [6, 6.07) is 0. The molecule has 2 aliphatic heterocycles. The van der Waals surface area contributed by atoms with E-state index in [1.54, 1.807) is 0 Å². The number of nitrogens with zero attached hydrogens (tertiary/aromatic N) is 4. The quantitative estimate of drug-likeness (QED) is 0.653. The van der Waals surface area contributed by atoms with Crippen LogP contribution < -0.4 is 10.2 Å². The number of thiazole rings is 1. The van der Waals surface area contributed by atoms with Gasteiger partial charge in [0.15, 0.2) is 6.19 Å². The van der Waals surface area contributed by atoms with E-state index in [0.29, 0.717) is 31.2 Å². The lowest BCUT2D eigenvalue weighted by atomic mass is 10.1. The molecule has 1 aromatic rings. The Hall–Kier alpha value is -1.98. The van der Waals surface area contributed by atoms with E-state index in [4.69, 9.17) is 0 Å². The second-order valence-electron chi connectivity index (χ2n) is 6.49.